The van der Waals surface area contributed by atoms with Gasteiger partial charge in [-0.25, -0.2) is 8.42 Å². The number of aliphatic hydroxyl groups excluding tert-OH is 1. The molecular weight excluding hydrogens is 424 g/mol. The van der Waals surface area contributed by atoms with Gasteiger partial charge in [0.2, 0.25) is 0 Å². The molecule has 1 aliphatic rings. The van der Waals surface area contributed by atoms with Crippen molar-refractivity contribution in [3.63, 3.8) is 0 Å². The number of aliphatic hydroxyl groups is 1. The van der Waals surface area contributed by atoms with Crippen LogP contribution in [0.1, 0.15) is 49.1 Å². The molecular formula is C25H36N2O4S. The number of rotatable bonds is 9. The molecule has 0 bridgehead atoms. The fraction of sp³-hybridized carbons (Fsp3) is 0.520. The van der Waals surface area contributed by atoms with E-state index in [2.05, 4.69) is 12.2 Å². The number of sulfonamides is 1. The summed E-state index contributed by atoms with van der Waals surface area (Å²) in [7, 11) is -3.76. The highest BCUT2D eigenvalue weighted by atomic mass is 32.2. The van der Waals surface area contributed by atoms with Crippen molar-refractivity contribution in [1.29, 1.82) is 0 Å². The third-order valence-corrected chi connectivity index (χ3v) is 7.68. The molecule has 2 aromatic rings. The number of β-amino-alcohol motifs (C(OH)–C–C–N with tert-alkyl or cyclic N) is 1. The van der Waals surface area contributed by atoms with Crippen molar-refractivity contribution >= 4 is 15.7 Å². The molecule has 1 saturated heterocycles. The second-order valence-electron chi connectivity index (χ2n) is 9.69. The zero-order valence-electron chi connectivity index (χ0n) is 20.0. The highest BCUT2D eigenvalue weighted by Crippen LogP contribution is 2.30. The maximum atomic E-state index is 13.7. The van der Waals surface area contributed by atoms with Crippen LogP contribution in [0.3, 0.4) is 0 Å². The molecule has 3 rings (SSSR count). The number of aryl methyl sites for hydroxylation is 3. The largest absolute Gasteiger partial charge is 0.387 e. The molecule has 32 heavy (non-hydrogen) atoms. The van der Waals surface area contributed by atoms with Crippen molar-refractivity contribution in [3.8, 4) is 0 Å². The van der Waals surface area contributed by atoms with Crippen molar-refractivity contribution in [2.45, 2.75) is 58.1 Å². The number of nitrogens with zero attached hydrogens (tertiary/aromatic N) is 1. The van der Waals surface area contributed by atoms with E-state index < -0.39 is 16.1 Å². The van der Waals surface area contributed by atoms with Crippen LogP contribution in [0.2, 0.25) is 0 Å². The fourth-order valence-corrected chi connectivity index (χ4v) is 5.79. The van der Waals surface area contributed by atoms with Crippen LogP contribution in [0.5, 0.6) is 0 Å². The molecule has 0 saturated carbocycles. The summed E-state index contributed by atoms with van der Waals surface area (Å²) in [4.78, 5) is 0.235. The molecule has 7 heteroatoms. The molecule has 0 aromatic heterocycles. The first kappa shape index (κ1) is 24.7. The van der Waals surface area contributed by atoms with Crippen LogP contribution >= 0.6 is 0 Å². The first-order valence-corrected chi connectivity index (χ1v) is 12.6. The van der Waals surface area contributed by atoms with Gasteiger partial charge in [0.15, 0.2) is 0 Å². The lowest BCUT2D eigenvalue weighted by Crippen LogP contribution is -2.58. The normalized spacial score (nSPS) is 16.6. The first-order valence-electron chi connectivity index (χ1n) is 11.1. The van der Waals surface area contributed by atoms with Crippen LogP contribution in [-0.4, -0.2) is 45.4 Å². The third-order valence-electron chi connectivity index (χ3n) is 5.90. The number of nitrogens with one attached hydrogen (secondary N) is 1. The lowest BCUT2D eigenvalue weighted by Gasteiger charge is -2.39. The van der Waals surface area contributed by atoms with Crippen LogP contribution in [0.15, 0.2) is 41.3 Å². The van der Waals surface area contributed by atoms with Gasteiger partial charge < -0.3 is 15.2 Å². The summed E-state index contributed by atoms with van der Waals surface area (Å²) in [5.41, 5.74) is 4.09. The summed E-state index contributed by atoms with van der Waals surface area (Å²) < 4.78 is 34.1. The predicted molar refractivity (Wildman–Crippen MR) is 129 cm³/mol. The standard InChI is InChI=1S/C25H36N2O4S/c1-17(2)14-27(23-10-7-18(3)11-20(23)5)32(29,30)21-8-9-22(19(4)12-21)24(28)13-26-25(6)15-31-16-25/h7-12,17,24,26,28H,13-16H2,1-6H3. The Morgan fingerprint density at radius 3 is 2.31 bits per heavy atom. The van der Waals surface area contributed by atoms with Crippen LogP contribution in [0, 0.1) is 26.7 Å². The molecule has 1 aliphatic heterocycles. The Balaban J connectivity index is 1.89. The highest BCUT2D eigenvalue weighted by Gasteiger charge is 2.33. The molecule has 0 radical (unpaired) electrons. The predicted octanol–water partition coefficient (Wildman–Crippen LogP) is 3.88. The van der Waals surface area contributed by atoms with Crippen LogP contribution in [-0.2, 0) is 14.8 Å². The van der Waals surface area contributed by atoms with Crippen molar-refractivity contribution in [1.82, 2.24) is 5.32 Å². The number of ether oxygens (including phenoxy) is 1. The molecule has 0 spiro atoms. The van der Waals surface area contributed by atoms with E-state index in [-0.39, 0.29) is 16.4 Å². The molecule has 2 aromatic carbocycles. The Labute approximate surface area is 192 Å². The molecule has 0 aliphatic carbocycles. The zero-order valence-corrected chi connectivity index (χ0v) is 20.8. The van der Waals surface area contributed by atoms with Crippen molar-refractivity contribution in [3.05, 3.63) is 58.7 Å². The van der Waals surface area contributed by atoms with E-state index >= 15 is 0 Å². The second kappa shape index (κ2) is 9.51. The monoisotopic (exact) mass is 460 g/mol. The van der Waals surface area contributed by atoms with Gasteiger partial charge in [-0.1, -0.05) is 37.6 Å². The maximum Gasteiger partial charge on any atom is 0.264 e. The number of hydrogen-bond acceptors (Lipinski definition) is 5. The van der Waals surface area contributed by atoms with Gasteiger partial charge in [0, 0.05) is 13.1 Å². The molecule has 1 heterocycles. The number of anilines is 1. The van der Waals surface area contributed by atoms with E-state index in [1.807, 2.05) is 52.8 Å². The summed E-state index contributed by atoms with van der Waals surface area (Å²) in [5.74, 6) is 0.163. The van der Waals surface area contributed by atoms with Crippen molar-refractivity contribution in [2.24, 2.45) is 5.92 Å². The zero-order chi connectivity index (χ0) is 23.7. The summed E-state index contributed by atoms with van der Waals surface area (Å²) in [6.07, 6.45) is -0.727. The maximum absolute atomic E-state index is 13.7. The van der Waals surface area contributed by atoms with Gasteiger partial charge >= 0.3 is 0 Å². The van der Waals surface area contributed by atoms with Gasteiger partial charge in [-0.15, -0.1) is 0 Å². The molecule has 176 valence electrons. The molecule has 1 atom stereocenters. The third kappa shape index (κ3) is 5.34. The Morgan fingerprint density at radius 2 is 1.78 bits per heavy atom. The molecule has 0 amide bonds. The van der Waals surface area contributed by atoms with Crippen LogP contribution in [0.25, 0.3) is 0 Å². The summed E-state index contributed by atoms with van der Waals surface area (Å²) in [6.45, 7) is 13.9. The average Bonchev–Trinajstić information content (AvgIpc) is 2.69. The van der Waals surface area contributed by atoms with Gasteiger partial charge in [0.05, 0.1) is 35.4 Å². The topological polar surface area (TPSA) is 78.9 Å². The minimum atomic E-state index is -3.76. The van der Waals surface area contributed by atoms with E-state index in [0.29, 0.717) is 32.0 Å². The molecule has 2 N–H and O–H groups in total. The first-order chi connectivity index (χ1) is 14.9. The van der Waals surface area contributed by atoms with E-state index in [9.17, 15) is 13.5 Å². The van der Waals surface area contributed by atoms with Gasteiger partial charge in [-0.2, -0.15) is 0 Å². The Hall–Kier alpha value is -1.93. The Kier molecular flexibility index (Phi) is 7.34. The minimum Gasteiger partial charge on any atom is -0.387 e. The molecule has 6 nitrogen and oxygen atoms in total. The van der Waals surface area contributed by atoms with E-state index in [1.165, 1.54) is 4.31 Å². The van der Waals surface area contributed by atoms with Crippen LogP contribution in [0.4, 0.5) is 5.69 Å². The Morgan fingerprint density at radius 1 is 1.09 bits per heavy atom. The van der Waals surface area contributed by atoms with E-state index in [1.54, 1.807) is 18.2 Å². The molecule has 1 fully saturated rings. The lowest BCUT2D eigenvalue weighted by molar-refractivity contribution is -0.0679. The van der Waals surface area contributed by atoms with Crippen LogP contribution < -0.4 is 9.62 Å². The fourth-order valence-electron chi connectivity index (χ4n) is 4.02. The number of hydrogen-bond donors (Lipinski definition) is 2. The molecule has 1 unspecified atom stereocenters. The number of benzene rings is 2. The summed E-state index contributed by atoms with van der Waals surface area (Å²) in [5, 5.41) is 14.0. The quantitative estimate of drug-likeness (QED) is 0.594. The van der Waals surface area contributed by atoms with Gasteiger partial charge in [-0.3, -0.25) is 4.31 Å². The smallest absolute Gasteiger partial charge is 0.264 e. The highest BCUT2D eigenvalue weighted by molar-refractivity contribution is 7.92. The van der Waals surface area contributed by atoms with Gasteiger partial charge in [0.25, 0.3) is 10.0 Å². The van der Waals surface area contributed by atoms with Gasteiger partial charge in [-0.05, 0) is 68.5 Å². The summed E-state index contributed by atoms with van der Waals surface area (Å²) >= 11 is 0. The van der Waals surface area contributed by atoms with E-state index in [4.69, 9.17) is 4.74 Å². The average molecular weight is 461 g/mol. The second-order valence-corrected chi connectivity index (χ2v) is 11.6. The van der Waals surface area contributed by atoms with Crippen molar-refractivity contribution < 1.29 is 18.3 Å². The Bertz CT molecular complexity index is 1060. The lowest BCUT2D eigenvalue weighted by atomic mass is 9.98. The summed E-state index contributed by atoms with van der Waals surface area (Å²) in [6, 6.07) is 10.8. The van der Waals surface area contributed by atoms with Crippen molar-refractivity contribution in [2.75, 3.05) is 30.6 Å². The van der Waals surface area contributed by atoms with Gasteiger partial charge in [0.1, 0.15) is 0 Å². The minimum absolute atomic E-state index is 0.110. The SMILES string of the molecule is Cc1ccc(N(CC(C)C)S(=O)(=O)c2ccc(C(O)CNC3(C)COC3)c(C)c2)c(C)c1. The van der Waals surface area contributed by atoms with E-state index in [0.717, 1.165) is 22.3 Å².